The summed E-state index contributed by atoms with van der Waals surface area (Å²) in [7, 11) is 3.30. The third kappa shape index (κ3) is 5.18. The highest BCUT2D eigenvalue weighted by Gasteiger charge is 2.51. The van der Waals surface area contributed by atoms with E-state index in [1.165, 1.54) is 9.80 Å². The average molecular weight is 442 g/mol. The molecule has 0 radical (unpaired) electrons. The Morgan fingerprint density at radius 3 is 2.12 bits per heavy atom. The normalized spacial score (nSPS) is 20.8. The third-order valence-corrected chi connectivity index (χ3v) is 5.83. The number of imide groups is 1. The first-order chi connectivity index (χ1) is 15.2. The molecule has 0 spiro atoms. The van der Waals surface area contributed by atoms with Crippen molar-refractivity contribution < 1.29 is 23.9 Å². The Morgan fingerprint density at radius 1 is 1.06 bits per heavy atom. The largest absolute Gasteiger partial charge is 0.484 e. The van der Waals surface area contributed by atoms with Crippen molar-refractivity contribution >= 4 is 29.3 Å². The van der Waals surface area contributed by atoms with Crippen LogP contribution in [-0.2, 0) is 19.2 Å². The number of benzene rings is 1. The summed E-state index contributed by atoms with van der Waals surface area (Å²) in [5.74, 6) is -1.15. The summed E-state index contributed by atoms with van der Waals surface area (Å²) in [6, 6.07) is 5.79. The Bertz CT molecular complexity index is 881. The van der Waals surface area contributed by atoms with E-state index in [1.807, 2.05) is 26.0 Å². The van der Waals surface area contributed by atoms with Crippen LogP contribution in [0.25, 0.3) is 0 Å². The van der Waals surface area contributed by atoms with Crippen LogP contribution < -0.4 is 10.1 Å². The number of allylic oxidation sites excluding steroid dienone is 2. The molecule has 1 N–H and O–H groups in total. The zero-order chi connectivity index (χ0) is 23.4. The lowest BCUT2D eigenvalue weighted by molar-refractivity contribution is -0.147. The second-order valence-electron chi connectivity index (χ2n) is 8.94. The Morgan fingerprint density at radius 2 is 1.62 bits per heavy atom. The van der Waals surface area contributed by atoms with Gasteiger partial charge >= 0.3 is 0 Å². The number of nitrogens with one attached hydrogen (secondary N) is 1. The molecule has 0 bridgehead atoms. The molecule has 172 valence electrons. The van der Waals surface area contributed by atoms with Gasteiger partial charge in [-0.15, -0.1) is 0 Å². The number of nitrogens with zero attached hydrogens (tertiary/aromatic N) is 2. The maximum atomic E-state index is 13.2. The fourth-order valence-electron chi connectivity index (χ4n) is 4.04. The molecule has 3 atom stereocenters. The second kappa shape index (κ2) is 9.97. The van der Waals surface area contributed by atoms with Gasteiger partial charge in [-0.25, -0.2) is 0 Å². The standard InChI is InChI=1S/C24H31N3O5/c1-15(2)13-20(27-23(30)18-7-5-6-8-19(18)24(27)31)22(29)25-16-9-11-17(12-10-16)32-14-21(28)26(3)4/h5-6,9-12,15,18-20H,7-8,13-14H2,1-4H3,(H,25,29). The van der Waals surface area contributed by atoms with Crippen LogP contribution in [-0.4, -0.2) is 60.2 Å². The number of rotatable bonds is 8. The molecule has 32 heavy (non-hydrogen) atoms. The zero-order valence-corrected chi connectivity index (χ0v) is 19.0. The number of likely N-dealkylation sites (tertiary alicyclic amines) is 1. The number of anilines is 1. The number of amides is 4. The maximum Gasteiger partial charge on any atom is 0.259 e. The van der Waals surface area contributed by atoms with Gasteiger partial charge in [0.2, 0.25) is 17.7 Å². The van der Waals surface area contributed by atoms with E-state index in [0.717, 1.165) is 0 Å². The molecular weight excluding hydrogens is 410 g/mol. The van der Waals surface area contributed by atoms with Gasteiger partial charge in [-0.2, -0.15) is 0 Å². The third-order valence-electron chi connectivity index (χ3n) is 5.83. The van der Waals surface area contributed by atoms with Crippen molar-refractivity contribution in [3.63, 3.8) is 0 Å². The molecule has 1 aromatic carbocycles. The van der Waals surface area contributed by atoms with Crippen LogP contribution >= 0.6 is 0 Å². The van der Waals surface area contributed by atoms with Crippen LogP contribution in [0.5, 0.6) is 5.75 Å². The predicted molar refractivity (Wildman–Crippen MR) is 120 cm³/mol. The van der Waals surface area contributed by atoms with Crippen molar-refractivity contribution in [3.05, 3.63) is 36.4 Å². The van der Waals surface area contributed by atoms with E-state index in [2.05, 4.69) is 5.32 Å². The number of hydrogen-bond donors (Lipinski definition) is 1. The number of fused-ring (bicyclic) bond motifs is 1. The first-order valence-electron chi connectivity index (χ1n) is 10.9. The van der Waals surface area contributed by atoms with Crippen molar-refractivity contribution in [1.29, 1.82) is 0 Å². The molecule has 2 aliphatic rings. The molecule has 4 amide bonds. The number of ether oxygens (including phenoxy) is 1. The Hall–Kier alpha value is -3.16. The smallest absolute Gasteiger partial charge is 0.259 e. The number of carbonyl (C=O) groups is 4. The van der Waals surface area contributed by atoms with Crippen LogP contribution in [0.3, 0.4) is 0 Å². The van der Waals surface area contributed by atoms with Crippen molar-refractivity contribution in [2.75, 3.05) is 26.0 Å². The monoisotopic (exact) mass is 441 g/mol. The van der Waals surface area contributed by atoms with Crippen LogP contribution in [0.15, 0.2) is 36.4 Å². The van der Waals surface area contributed by atoms with Gasteiger partial charge < -0.3 is 15.0 Å². The molecule has 1 aliphatic carbocycles. The summed E-state index contributed by atoms with van der Waals surface area (Å²) in [4.78, 5) is 53.4. The Kier molecular flexibility index (Phi) is 7.33. The summed E-state index contributed by atoms with van der Waals surface area (Å²) in [5.41, 5.74) is 0.522. The van der Waals surface area contributed by atoms with Crippen LogP contribution in [0.2, 0.25) is 0 Å². The highest BCUT2D eigenvalue weighted by molar-refractivity contribution is 6.10. The minimum Gasteiger partial charge on any atom is -0.484 e. The van der Waals surface area contributed by atoms with Crippen LogP contribution in [0, 0.1) is 17.8 Å². The van der Waals surface area contributed by atoms with Gasteiger partial charge in [-0.1, -0.05) is 26.0 Å². The minimum atomic E-state index is -0.853. The van der Waals surface area contributed by atoms with Crippen LogP contribution in [0.4, 0.5) is 5.69 Å². The van der Waals surface area contributed by atoms with Crippen LogP contribution in [0.1, 0.15) is 33.1 Å². The SMILES string of the molecule is CC(C)CC(C(=O)Nc1ccc(OCC(=O)N(C)C)cc1)N1C(=O)C2CC=CCC2C1=O. The minimum absolute atomic E-state index is 0.0778. The Balaban J connectivity index is 1.70. The molecule has 1 saturated heterocycles. The highest BCUT2D eigenvalue weighted by Crippen LogP contribution is 2.37. The second-order valence-corrected chi connectivity index (χ2v) is 8.94. The molecule has 0 saturated carbocycles. The van der Waals surface area contributed by atoms with Gasteiger partial charge in [0.25, 0.3) is 5.91 Å². The van der Waals surface area contributed by atoms with Gasteiger partial charge in [0.15, 0.2) is 6.61 Å². The molecule has 1 heterocycles. The highest BCUT2D eigenvalue weighted by atomic mass is 16.5. The lowest BCUT2D eigenvalue weighted by atomic mass is 9.85. The first-order valence-corrected chi connectivity index (χ1v) is 10.9. The molecule has 3 rings (SSSR count). The van der Waals surface area contributed by atoms with E-state index in [1.54, 1.807) is 38.4 Å². The van der Waals surface area contributed by atoms with E-state index in [9.17, 15) is 19.2 Å². The fourth-order valence-corrected chi connectivity index (χ4v) is 4.04. The summed E-state index contributed by atoms with van der Waals surface area (Å²) in [6.07, 6.45) is 5.34. The summed E-state index contributed by atoms with van der Waals surface area (Å²) >= 11 is 0. The molecule has 1 aliphatic heterocycles. The van der Waals surface area contributed by atoms with Crippen molar-refractivity contribution in [3.8, 4) is 5.75 Å². The van der Waals surface area contributed by atoms with E-state index >= 15 is 0 Å². The molecule has 3 unspecified atom stereocenters. The van der Waals surface area contributed by atoms with E-state index < -0.39 is 6.04 Å². The average Bonchev–Trinajstić information content (AvgIpc) is 3.01. The van der Waals surface area contributed by atoms with E-state index in [4.69, 9.17) is 4.74 Å². The van der Waals surface area contributed by atoms with Gasteiger partial charge in [-0.05, 0) is 49.4 Å². The summed E-state index contributed by atoms with van der Waals surface area (Å²) in [5, 5.41) is 2.83. The lowest BCUT2D eigenvalue weighted by Gasteiger charge is -2.27. The number of carbonyl (C=O) groups excluding carboxylic acids is 4. The number of likely N-dealkylation sites (N-methyl/N-ethyl adjacent to an activating group) is 1. The zero-order valence-electron chi connectivity index (χ0n) is 19.0. The van der Waals surface area contributed by atoms with E-state index in [0.29, 0.717) is 30.7 Å². The first kappa shape index (κ1) is 23.5. The molecule has 8 heteroatoms. The van der Waals surface area contributed by atoms with Gasteiger partial charge in [0.05, 0.1) is 11.8 Å². The molecule has 1 aromatic rings. The van der Waals surface area contributed by atoms with Crippen molar-refractivity contribution in [2.24, 2.45) is 17.8 Å². The number of hydrogen-bond acceptors (Lipinski definition) is 5. The molecular formula is C24H31N3O5. The summed E-state index contributed by atoms with van der Waals surface area (Å²) in [6.45, 7) is 3.84. The maximum absolute atomic E-state index is 13.2. The molecule has 1 fully saturated rings. The summed E-state index contributed by atoms with van der Waals surface area (Å²) < 4.78 is 5.45. The molecule has 0 aromatic heterocycles. The van der Waals surface area contributed by atoms with Gasteiger partial charge in [-0.3, -0.25) is 24.1 Å². The Labute approximate surface area is 188 Å². The van der Waals surface area contributed by atoms with E-state index in [-0.39, 0.29) is 48.0 Å². The lowest BCUT2D eigenvalue weighted by Crippen LogP contribution is -2.48. The fraction of sp³-hybridized carbons (Fsp3) is 0.500. The predicted octanol–water partition coefficient (Wildman–Crippen LogP) is 2.46. The van der Waals surface area contributed by atoms with Gasteiger partial charge in [0, 0.05) is 19.8 Å². The van der Waals surface area contributed by atoms with Gasteiger partial charge in [0.1, 0.15) is 11.8 Å². The van der Waals surface area contributed by atoms with Crippen molar-refractivity contribution in [1.82, 2.24) is 9.80 Å². The molecule has 8 nitrogen and oxygen atoms in total. The quantitative estimate of drug-likeness (QED) is 0.494. The van der Waals surface area contributed by atoms with Crippen molar-refractivity contribution in [2.45, 2.75) is 39.2 Å². The topological polar surface area (TPSA) is 96.0 Å².